The molecule has 134 valence electrons. The molecule has 0 spiro atoms. The van der Waals surface area contributed by atoms with Gasteiger partial charge in [-0.2, -0.15) is 0 Å². The molecule has 0 aliphatic rings. The third-order valence-corrected chi connectivity index (χ3v) is 5.57. The van der Waals surface area contributed by atoms with Crippen molar-refractivity contribution in [3.05, 3.63) is 65.2 Å². The molecule has 0 unspecified atom stereocenters. The number of carbonyl (C=O) groups excluding carboxylic acids is 1. The standard InChI is InChI=1S/C22H29NOS/c1-15(2)19-12-9-13-20(16(3)4)22(19)23-21(24)14-25-17(5)18-10-7-6-8-11-18/h6-13,15-17H,14H2,1-5H3,(H,23,24)/t17-/m1/s1. The lowest BCUT2D eigenvalue weighted by Crippen LogP contribution is -2.18. The van der Waals surface area contributed by atoms with E-state index in [2.05, 4.69) is 70.3 Å². The predicted molar refractivity (Wildman–Crippen MR) is 111 cm³/mol. The molecule has 0 radical (unpaired) electrons. The minimum absolute atomic E-state index is 0.0720. The lowest BCUT2D eigenvalue weighted by atomic mass is 9.92. The number of nitrogens with one attached hydrogen (secondary N) is 1. The van der Waals surface area contributed by atoms with E-state index in [1.807, 2.05) is 18.2 Å². The second-order valence-electron chi connectivity index (χ2n) is 7.03. The number of para-hydroxylation sites is 1. The summed E-state index contributed by atoms with van der Waals surface area (Å²) in [5.74, 6) is 1.29. The maximum Gasteiger partial charge on any atom is 0.234 e. The van der Waals surface area contributed by atoms with Gasteiger partial charge in [0, 0.05) is 10.9 Å². The zero-order chi connectivity index (χ0) is 18.4. The molecule has 3 heteroatoms. The first-order valence-electron chi connectivity index (χ1n) is 8.99. The highest BCUT2D eigenvalue weighted by Crippen LogP contribution is 2.33. The Labute approximate surface area is 156 Å². The van der Waals surface area contributed by atoms with Gasteiger partial charge in [0.15, 0.2) is 0 Å². The molecule has 0 saturated carbocycles. The smallest absolute Gasteiger partial charge is 0.234 e. The van der Waals surface area contributed by atoms with Crippen molar-refractivity contribution in [2.24, 2.45) is 0 Å². The molecule has 0 aromatic heterocycles. The SMILES string of the molecule is CC(C)c1cccc(C(C)C)c1NC(=O)CS[C@H](C)c1ccccc1. The summed E-state index contributed by atoms with van der Waals surface area (Å²) in [6.45, 7) is 10.8. The van der Waals surface area contributed by atoms with Crippen LogP contribution in [0.3, 0.4) is 0 Å². The van der Waals surface area contributed by atoms with E-state index in [0.717, 1.165) is 5.69 Å². The molecule has 1 N–H and O–H groups in total. The van der Waals surface area contributed by atoms with E-state index in [1.165, 1.54) is 16.7 Å². The normalized spacial score (nSPS) is 12.4. The minimum Gasteiger partial charge on any atom is -0.325 e. The fraction of sp³-hybridized carbons (Fsp3) is 0.409. The predicted octanol–water partition coefficient (Wildman–Crippen LogP) is 6.37. The highest BCUT2D eigenvalue weighted by atomic mass is 32.2. The van der Waals surface area contributed by atoms with Crippen LogP contribution in [-0.4, -0.2) is 11.7 Å². The van der Waals surface area contributed by atoms with Crippen LogP contribution in [0.15, 0.2) is 48.5 Å². The Bertz CT molecular complexity index is 668. The molecule has 0 heterocycles. The summed E-state index contributed by atoms with van der Waals surface area (Å²) in [4.78, 5) is 12.6. The van der Waals surface area contributed by atoms with E-state index in [4.69, 9.17) is 0 Å². The molecule has 0 bridgehead atoms. The van der Waals surface area contributed by atoms with E-state index in [0.29, 0.717) is 22.8 Å². The lowest BCUT2D eigenvalue weighted by molar-refractivity contribution is -0.113. The number of hydrogen-bond acceptors (Lipinski definition) is 2. The minimum atomic E-state index is 0.0720. The average molecular weight is 356 g/mol. The summed E-state index contributed by atoms with van der Waals surface area (Å²) < 4.78 is 0. The van der Waals surface area contributed by atoms with Crippen molar-refractivity contribution in [3.8, 4) is 0 Å². The van der Waals surface area contributed by atoms with Gasteiger partial charge in [0.1, 0.15) is 0 Å². The van der Waals surface area contributed by atoms with Gasteiger partial charge < -0.3 is 5.32 Å². The quantitative estimate of drug-likeness (QED) is 0.625. The third-order valence-electron chi connectivity index (χ3n) is 4.37. The lowest BCUT2D eigenvalue weighted by Gasteiger charge is -2.20. The molecule has 0 saturated heterocycles. The number of anilines is 1. The van der Waals surface area contributed by atoms with Gasteiger partial charge >= 0.3 is 0 Å². The molecular formula is C22H29NOS. The van der Waals surface area contributed by atoms with Gasteiger partial charge in [-0.25, -0.2) is 0 Å². The number of carbonyl (C=O) groups is 1. The monoisotopic (exact) mass is 355 g/mol. The second-order valence-corrected chi connectivity index (χ2v) is 8.36. The number of hydrogen-bond donors (Lipinski definition) is 1. The first kappa shape index (κ1) is 19.6. The Balaban J connectivity index is 2.07. The molecule has 2 aromatic carbocycles. The van der Waals surface area contributed by atoms with E-state index in [1.54, 1.807) is 11.8 Å². The molecule has 0 aliphatic carbocycles. The number of benzene rings is 2. The topological polar surface area (TPSA) is 29.1 Å². The van der Waals surface area contributed by atoms with Gasteiger partial charge in [0.05, 0.1) is 5.75 Å². The molecular weight excluding hydrogens is 326 g/mol. The summed E-state index contributed by atoms with van der Waals surface area (Å²) >= 11 is 1.67. The Morgan fingerprint density at radius 3 is 1.96 bits per heavy atom. The van der Waals surface area contributed by atoms with Crippen LogP contribution < -0.4 is 5.32 Å². The van der Waals surface area contributed by atoms with Crippen molar-refractivity contribution in [2.45, 2.75) is 51.7 Å². The van der Waals surface area contributed by atoms with Crippen molar-refractivity contribution in [1.82, 2.24) is 0 Å². The van der Waals surface area contributed by atoms with Crippen LogP contribution in [0.4, 0.5) is 5.69 Å². The molecule has 0 aliphatic heterocycles. The summed E-state index contributed by atoms with van der Waals surface area (Å²) in [5.41, 5.74) is 4.68. The second kappa shape index (κ2) is 9.10. The van der Waals surface area contributed by atoms with Gasteiger partial charge in [-0.3, -0.25) is 4.79 Å². The van der Waals surface area contributed by atoms with Gasteiger partial charge in [-0.05, 0) is 35.4 Å². The molecule has 1 amide bonds. The van der Waals surface area contributed by atoms with Gasteiger partial charge in [0.2, 0.25) is 5.91 Å². The van der Waals surface area contributed by atoms with Crippen LogP contribution in [0.1, 0.15) is 68.4 Å². The van der Waals surface area contributed by atoms with Crippen LogP contribution in [0, 0.1) is 0 Å². The fourth-order valence-electron chi connectivity index (χ4n) is 2.89. The van der Waals surface area contributed by atoms with Crippen LogP contribution in [0.5, 0.6) is 0 Å². The van der Waals surface area contributed by atoms with Crippen LogP contribution in [-0.2, 0) is 4.79 Å². The zero-order valence-electron chi connectivity index (χ0n) is 15.9. The number of rotatable bonds is 7. The zero-order valence-corrected chi connectivity index (χ0v) is 16.7. The summed E-state index contributed by atoms with van der Waals surface area (Å²) in [6, 6.07) is 16.6. The van der Waals surface area contributed by atoms with Crippen molar-refractivity contribution >= 4 is 23.4 Å². The van der Waals surface area contributed by atoms with Crippen molar-refractivity contribution < 1.29 is 4.79 Å². The molecule has 2 rings (SSSR count). The number of amides is 1. The Hall–Kier alpha value is -1.74. The number of thioether (sulfide) groups is 1. The third kappa shape index (κ3) is 5.37. The van der Waals surface area contributed by atoms with E-state index >= 15 is 0 Å². The fourth-order valence-corrected chi connectivity index (χ4v) is 3.71. The maximum absolute atomic E-state index is 12.6. The van der Waals surface area contributed by atoms with Crippen LogP contribution in [0.2, 0.25) is 0 Å². The molecule has 0 fully saturated rings. The van der Waals surface area contributed by atoms with Crippen molar-refractivity contribution in [3.63, 3.8) is 0 Å². The van der Waals surface area contributed by atoms with E-state index in [-0.39, 0.29) is 5.91 Å². The highest BCUT2D eigenvalue weighted by Gasteiger charge is 2.16. The van der Waals surface area contributed by atoms with Gasteiger partial charge in [-0.15, -0.1) is 11.8 Å². The van der Waals surface area contributed by atoms with Crippen LogP contribution in [0.25, 0.3) is 0 Å². The first-order chi connectivity index (χ1) is 11.9. The Morgan fingerprint density at radius 1 is 0.880 bits per heavy atom. The molecule has 1 atom stereocenters. The Morgan fingerprint density at radius 2 is 1.44 bits per heavy atom. The molecule has 2 nitrogen and oxygen atoms in total. The first-order valence-corrected chi connectivity index (χ1v) is 10.0. The van der Waals surface area contributed by atoms with Crippen molar-refractivity contribution in [1.29, 1.82) is 0 Å². The van der Waals surface area contributed by atoms with Crippen molar-refractivity contribution in [2.75, 3.05) is 11.1 Å². The molecule has 2 aromatic rings. The van der Waals surface area contributed by atoms with E-state index in [9.17, 15) is 4.79 Å². The van der Waals surface area contributed by atoms with Gasteiger partial charge in [-0.1, -0.05) is 76.2 Å². The maximum atomic E-state index is 12.6. The van der Waals surface area contributed by atoms with Crippen LogP contribution >= 0.6 is 11.8 Å². The average Bonchev–Trinajstić information content (AvgIpc) is 2.60. The van der Waals surface area contributed by atoms with E-state index < -0.39 is 0 Å². The van der Waals surface area contributed by atoms with Gasteiger partial charge in [0.25, 0.3) is 0 Å². The molecule has 25 heavy (non-hydrogen) atoms. The summed E-state index contributed by atoms with van der Waals surface area (Å²) in [5, 5.41) is 3.49. The highest BCUT2D eigenvalue weighted by molar-refractivity contribution is 8.00. The summed E-state index contributed by atoms with van der Waals surface area (Å²) in [7, 11) is 0. The summed E-state index contributed by atoms with van der Waals surface area (Å²) in [6.07, 6.45) is 0. The largest absolute Gasteiger partial charge is 0.325 e. The Kier molecular flexibility index (Phi) is 7.12.